The third-order valence-electron chi connectivity index (χ3n) is 2.11. The van der Waals surface area contributed by atoms with Gasteiger partial charge in [0.25, 0.3) is 0 Å². The Balaban J connectivity index is 2.05. The van der Waals surface area contributed by atoms with Crippen LogP contribution in [0.1, 0.15) is 17.3 Å². The highest BCUT2D eigenvalue weighted by molar-refractivity contribution is 6.30. The number of rotatable bonds is 4. The second kappa shape index (κ2) is 5.09. The van der Waals surface area contributed by atoms with Crippen LogP contribution in [-0.2, 0) is 13.0 Å². The van der Waals surface area contributed by atoms with Crippen molar-refractivity contribution in [1.82, 2.24) is 15.5 Å². The van der Waals surface area contributed by atoms with Gasteiger partial charge in [-0.3, -0.25) is 0 Å². The standard InChI is InChI=1S/C11H12ClN3O/c1-13-7-11-15-14-10(16-11)6-8-2-4-9(12)5-3-8/h2-5,13H,6-7H2,1H3. The van der Waals surface area contributed by atoms with Crippen molar-refractivity contribution < 1.29 is 4.42 Å². The summed E-state index contributed by atoms with van der Waals surface area (Å²) in [4.78, 5) is 0. The first kappa shape index (κ1) is 11.1. The van der Waals surface area contributed by atoms with E-state index in [0.29, 0.717) is 24.7 Å². The van der Waals surface area contributed by atoms with Crippen molar-refractivity contribution in [2.45, 2.75) is 13.0 Å². The number of halogens is 1. The zero-order chi connectivity index (χ0) is 11.4. The Kier molecular flexibility index (Phi) is 3.54. The van der Waals surface area contributed by atoms with Crippen LogP contribution in [0.3, 0.4) is 0 Å². The number of aromatic nitrogens is 2. The van der Waals surface area contributed by atoms with E-state index in [1.54, 1.807) is 0 Å². The van der Waals surface area contributed by atoms with E-state index in [9.17, 15) is 0 Å². The van der Waals surface area contributed by atoms with Gasteiger partial charge in [-0.25, -0.2) is 0 Å². The van der Waals surface area contributed by atoms with Crippen molar-refractivity contribution in [1.29, 1.82) is 0 Å². The monoisotopic (exact) mass is 237 g/mol. The van der Waals surface area contributed by atoms with Crippen LogP contribution in [0.25, 0.3) is 0 Å². The van der Waals surface area contributed by atoms with Crippen molar-refractivity contribution in [3.63, 3.8) is 0 Å². The lowest BCUT2D eigenvalue weighted by atomic mass is 10.1. The van der Waals surface area contributed by atoms with Crippen LogP contribution in [0.5, 0.6) is 0 Å². The highest BCUT2D eigenvalue weighted by atomic mass is 35.5. The van der Waals surface area contributed by atoms with Gasteiger partial charge in [-0.1, -0.05) is 23.7 Å². The summed E-state index contributed by atoms with van der Waals surface area (Å²) in [5.74, 6) is 1.22. The molecule has 1 heterocycles. The van der Waals surface area contributed by atoms with Gasteiger partial charge in [0.15, 0.2) is 0 Å². The molecule has 0 bridgehead atoms. The highest BCUT2D eigenvalue weighted by Crippen LogP contribution is 2.12. The molecule has 1 aromatic heterocycles. The van der Waals surface area contributed by atoms with E-state index in [0.717, 1.165) is 10.6 Å². The molecular formula is C11H12ClN3O. The van der Waals surface area contributed by atoms with Crippen LogP contribution in [-0.4, -0.2) is 17.2 Å². The minimum absolute atomic E-state index is 0.591. The number of nitrogens with one attached hydrogen (secondary N) is 1. The second-order valence-electron chi connectivity index (χ2n) is 3.42. The summed E-state index contributed by atoms with van der Waals surface area (Å²) in [6.45, 7) is 0.591. The smallest absolute Gasteiger partial charge is 0.230 e. The molecule has 84 valence electrons. The normalized spacial score (nSPS) is 10.6. The lowest BCUT2D eigenvalue weighted by Crippen LogP contribution is -2.04. The molecule has 0 radical (unpaired) electrons. The summed E-state index contributed by atoms with van der Waals surface area (Å²) >= 11 is 5.80. The highest BCUT2D eigenvalue weighted by Gasteiger charge is 2.05. The van der Waals surface area contributed by atoms with Crippen LogP contribution >= 0.6 is 11.6 Å². The van der Waals surface area contributed by atoms with E-state index < -0.39 is 0 Å². The van der Waals surface area contributed by atoms with Crippen molar-refractivity contribution in [2.24, 2.45) is 0 Å². The van der Waals surface area contributed by atoms with E-state index in [2.05, 4.69) is 15.5 Å². The Hall–Kier alpha value is -1.39. The maximum Gasteiger partial charge on any atom is 0.230 e. The topological polar surface area (TPSA) is 51.0 Å². The molecule has 0 spiro atoms. The quantitative estimate of drug-likeness (QED) is 0.884. The zero-order valence-corrected chi connectivity index (χ0v) is 9.66. The SMILES string of the molecule is CNCc1nnc(Cc2ccc(Cl)cc2)o1. The molecule has 2 rings (SSSR count). The van der Waals surface area contributed by atoms with Gasteiger partial charge < -0.3 is 9.73 Å². The summed E-state index contributed by atoms with van der Waals surface area (Å²) < 4.78 is 5.44. The fourth-order valence-electron chi connectivity index (χ4n) is 1.36. The van der Waals surface area contributed by atoms with Gasteiger partial charge in [0.2, 0.25) is 11.8 Å². The third kappa shape index (κ3) is 2.81. The second-order valence-corrected chi connectivity index (χ2v) is 3.86. The summed E-state index contributed by atoms with van der Waals surface area (Å²) in [6, 6.07) is 7.60. The third-order valence-corrected chi connectivity index (χ3v) is 2.36. The fourth-order valence-corrected chi connectivity index (χ4v) is 1.49. The zero-order valence-electron chi connectivity index (χ0n) is 8.90. The Morgan fingerprint density at radius 2 is 1.88 bits per heavy atom. The molecule has 0 aliphatic rings. The van der Waals surface area contributed by atoms with Gasteiger partial charge >= 0.3 is 0 Å². The van der Waals surface area contributed by atoms with Gasteiger partial charge in [0.1, 0.15) is 0 Å². The average Bonchev–Trinajstić information content (AvgIpc) is 2.70. The van der Waals surface area contributed by atoms with Gasteiger partial charge in [0, 0.05) is 5.02 Å². The molecule has 0 atom stereocenters. The van der Waals surface area contributed by atoms with Gasteiger partial charge in [-0.2, -0.15) is 0 Å². The average molecular weight is 238 g/mol. The first-order valence-corrected chi connectivity index (χ1v) is 5.36. The van der Waals surface area contributed by atoms with Crippen LogP contribution in [0.4, 0.5) is 0 Å². The van der Waals surface area contributed by atoms with Crippen LogP contribution in [0.2, 0.25) is 5.02 Å². The van der Waals surface area contributed by atoms with Crippen LogP contribution in [0, 0.1) is 0 Å². The van der Waals surface area contributed by atoms with E-state index in [1.165, 1.54) is 0 Å². The van der Waals surface area contributed by atoms with Crippen LogP contribution in [0.15, 0.2) is 28.7 Å². The minimum Gasteiger partial charge on any atom is -0.424 e. The van der Waals surface area contributed by atoms with E-state index in [1.807, 2.05) is 31.3 Å². The van der Waals surface area contributed by atoms with Gasteiger partial charge in [-0.05, 0) is 24.7 Å². The van der Waals surface area contributed by atoms with Crippen molar-refractivity contribution in [2.75, 3.05) is 7.05 Å². The summed E-state index contributed by atoms with van der Waals surface area (Å²) in [5, 5.41) is 11.6. The van der Waals surface area contributed by atoms with E-state index in [4.69, 9.17) is 16.0 Å². The number of nitrogens with zero attached hydrogens (tertiary/aromatic N) is 2. The Morgan fingerprint density at radius 1 is 1.19 bits per heavy atom. The van der Waals surface area contributed by atoms with Crippen molar-refractivity contribution in [3.05, 3.63) is 46.6 Å². The molecule has 5 heteroatoms. The maximum atomic E-state index is 5.80. The molecule has 1 aromatic carbocycles. The molecule has 2 aromatic rings. The minimum atomic E-state index is 0.591. The Labute approximate surface area is 98.6 Å². The Bertz CT molecular complexity index is 453. The molecule has 1 N–H and O–H groups in total. The molecule has 0 unspecified atom stereocenters. The van der Waals surface area contributed by atoms with E-state index in [-0.39, 0.29) is 0 Å². The van der Waals surface area contributed by atoms with Crippen LogP contribution < -0.4 is 5.32 Å². The molecule has 4 nitrogen and oxygen atoms in total. The molecule has 0 amide bonds. The summed E-state index contributed by atoms with van der Waals surface area (Å²) in [5.41, 5.74) is 1.10. The van der Waals surface area contributed by atoms with Gasteiger partial charge in [0.05, 0.1) is 13.0 Å². The molecular weight excluding hydrogens is 226 g/mol. The molecule has 0 saturated heterocycles. The molecule has 0 saturated carbocycles. The summed E-state index contributed by atoms with van der Waals surface area (Å²) in [7, 11) is 1.84. The Morgan fingerprint density at radius 3 is 2.56 bits per heavy atom. The van der Waals surface area contributed by atoms with Crippen molar-refractivity contribution >= 4 is 11.6 Å². The lowest BCUT2D eigenvalue weighted by Gasteiger charge is -1.96. The first-order chi connectivity index (χ1) is 7.78. The number of benzene rings is 1. The van der Waals surface area contributed by atoms with E-state index >= 15 is 0 Å². The predicted octanol–water partition coefficient (Wildman–Crippen LogP) is 2.03. The largest absolute Gasteiger partial charge is 0.424 e. The first-order valence-electron chi connectivity index (χ1n) is 4.98. The summed E-state index contributed by atoms with van der Waals surface area (Å²) in [6.07, 6.45) is 0.633. The van der Waals surface area contributed by atoms with Crippen molar-refractivity contribution in [3.8, 4) is 0 Å². The number of hydrogen-bond donors (Lipinski definition) is 1. The predicted molar refractivity (Wildman–Crippen MR) is 61.3 cm³/mol. The molecule has 0 aliphatic heterocycles. The molecule has 0 fully saturated rings. The molecule has 0 aliphatic carbocycles. The molecule has 16 heavy (non-hydrogen) atoms. The van der Waals surface area contributed by atoms with Gasteiger partial charge in [-0.15, -0.1) is 10.2 Å². The maximum absolute atomic E-state index is 5.80. The number of hydrogen-bond acceptors (Lipinski definition) is 4. The lowest BCUT2D eigenvalue weighted by molar-refractivity contribution is 0.447. The fraction of sp³-hybridized carbons (Fsp3) is 0.273.